The largest absolute Gasteiger partial charge is 0.352 e. The summed E-state index contributed by atoms with van der Waals surface area (Å²) in [6.07, 6.45) is 0.969. The van der Waals surface area contributed by atoms with E-state index >= 15 is 0 Å². The summed E-state index contributed by atoms with van der Waals surface area (Å²) in [7, 11) is 0. The van der Waals surface area contributed by atoms with Crippen LogP contribution in [0, 0.1) is 0 Å². The summed E-state index contributed by atoms with van der Waals surface area (Å²) in [5.41, 5.74) is 4.72. The zero-order chi connectivity index (χ0) is 15.6. The molecule has 0 unspecified atom stereocenters. The highest BCUT2D eigenvalue weighted by atomic mass is 16.2. The molecule has 1 aromatic heterocycles. The Balaban J connectivity index is 1.88. The molecular weight excluding hydrogens is 286 g/mol. The minimum Gasteiger partial charge on any atom is -0.352 e. The summed E-state index contributed by atoms with van der Waals surface area (Å²) in [5, 5.41) is 6.52. The molecule has 0 fully saturated rings. The highest BCUT2D eigenvalue weighted by molar-refractivity contribution is 6.08. The standard InChI is InChI=1S/C19H17N3O/c1-11-10-13-12-6-2-4-8-15(12)20-17(13)19(22-11)14-7-3-5-9-16(14)21-18(19)23/h2-9,11,20,22H,10H2,1H3,(H,21,23)/p+1/t11-,19-/m0/s1. The van der Waals surface area contributed by atoms with Gasteiger partial charge < -0.3 is 15.6 Å². The van der Waals surface area contributed by atoms with E-state index < -0.39 is 5.54 Å². The number of quaternary nitrogens is 1. The van der Waals surface area contributed by atoms with Gasteiger partial charge in [0, 0.05) is 17.3 Å². The fourth-order valence-electron chi connectivity index (χ4n) is 4.33. The number of aromatic nitrogens is 1. The van der Waals surface area contributed by atoms with Crippen LogP contribution in [0.5, 0.6) is 0 Å². The van der Waals surface area contributed by atoms with Crippen LogP contribution in [-0.4, -0.2) is 16.9 Å². The van der Waals surface area contributed by atoms with Crippen LogP contribution >= 0.6 is 0 Å². The third-order valence-electron chi connectivity index (χ3n) is 5.23. The van der Waals surface area contributed by atoms with Crippen molar-refractivity contribution in [2.24, 2.45) is 0 Å². The maximum absolute atomic E-state index is 13.0. The first-order chi connectivity index (χ1) is 11.2. The quantitative estimate of drug-likeness (QED) is 0.583. The number of para-hydroxylation sites is 2. The average Bonchev–Trinajstić information content (AvgIpc) is 3.05. The van der Waals surface area contributed by atoms with Crippen LogP contribution in [0.4, 0.5) is 5.69 Å². The molecule has 0 bridgehead atoms. The summed E-state index contributed by atoms with van der Waals surface area (Å²) in [6.45, 7) is 2.20. The number of hydrogen-bond donors (Lipinski definition) is 3. The van der Waals surface area contributed by atoms with Crippen molar-refractivity contribution < 1.29 is 10.1 Å². The molecule has 114 valence electrons. The van der Waals surface area contributed by atoms with Crippen molar-refractivity contribution in [1.29, 1.82) is 0 Å². The number of carbonyl (C=O) groups excluding carboxylic acids is 1. The van der Waals surface area contributed by atoms with Crippen LogP contribution in [0.3, 0.4) is 0 Å². The molecule has 4 heteroatoms. The van der Waals surface area contributed by atoms with Crippen molar-refractivity contribution in [1.82, 2.24) is 4.98 Å². The van der Waals surface area contributed by atoms with Crippen LogP contribution in [0.2, 0.25) is 0 Å². The van der Waals surface area contributed by atoms with Gasteiger partial charge in [0.25, 0.3) is 5.91 Å². The normalized spacial score (nSPS) is 25.4. The lowest BCUT2D eigenvalue weighted by Gasteiger charge is -2.33. The van der Waals surface area contributed by atoms with Crippen molar-refractivity contribution in [3.63, 3.8) is 0 Å². The molecule has 2 aliphatic rings. The Bertz CT molecular complexity index is 958. The van der Waals surface area contributed by atoms with Crippen molar-refractivity contribution in [3.8, 4) is 0 Å². The fraction of sp³-hybridized carbons (Fsp3) is 0.211. The number of fused-ring (bicyclic) bond motifs is 6. The van der Waals surface area contributed by atoms with Gasteiger partial charge in [-0.2, -0.15) is 0 Å². The van der Waals surface area contributed by atoms with E-state index in [9.17, 15) is 4.79 Å². The first kappa shape index (κ1) is 12.9. The lowest BCUT2D eigenvalue weighted by molar-refractivity contribution is -0.742. The maximum Gasteiger partial charge on any atom is 0.297 e. The third-order valence-corrected chi connectivity index (χ3v) is 5.23. The van der Waals surface area contributed by atoms with Crippen LogP contribution in [0.1, 0.15) is 23.7 Å². The monoisotopic (exact) mass is 304 g/mol. The van der Waals surface area contributed by atoms with Crippen molar-refractivity contribution >= 4 is 22.5 Å². The van der Waals surface area contributed by atoms with Crippen LogP contribution < -0.4 is 10.6 Å². The smallest absolute Gasteiger partial charge is 0.297 e. The van der Waals surface area contributed by atoms with E-state index in [0.29, 0.717) is 6.04 Å². The molecule has 2 aliphatic heterocycles. The lowest BCUT2D eigenvalue weighted by Crippen LogP contribution is -3.02. The molecule has 4 nitrogen and oxygen atoms in total. The van der Waals surface area contributed by atoms with E-state index in [2.05, 4.69) is 46.8 Å². The number of anilines is 1. The lowest BCUT2D eigenvalue weighted by atomic mass is 9.80. The summed E-state index contributed by atoms with van der Waals surface area (Å²) < 4.78 is 0. The highest BCUT2D eigenvalue weighted by Gasteiger charge is 2.57. The molecule has 2 atom stereocenters. The van der Waals surface area contributed by atoms with E-state index in [1.54, 1.807) is 0 Å². The second-order valence-electron chi connectivity index (χ2n) is 6.68. The van der Waals surface area contributed by atoms with Gasteiger partial charge in [-0.25, -0.2) is 0 Å². The number of nitrogens with two attached hydrogens (primary N) is 1. The summed E-state index contributed by atoms with van der Waals surface area (Å²) >= 11 is 0. The molecule has 0 aliphatic carbocycles. The van der Waals surface area contributed by atoms with Gasteiger partial charge in [-0.3, -0.25) is 4.79 Å². The molecule has 5 rings (SSSR count). The Kier molecular flexibility index (Phi) is 2.38. The number of benzene rings is 2. The molecule has 3 heterocycles. The molecule has 2 aromatic carbocycles. The molecule has 4 N–H and O–H groups in total. The Morgan fingerprint density at radius 3 is 2.83 bits per heavy atom. The Hall–Kier alpha value is -2.59. The van der Waals surface area contributed by atoms with E-state index in [0.717, 1.165) is 28.9 Å². The number of nitrogens with one attached hydrogen (secondary N) is 2. The predicted molar refractivity (Wildman–Crippen MR) is 89.2 cm³/mol. The zero-order valence-corrected chi connectivity index (χ0v) is 12.9. The van der Waals surface area contributed by atoms with Gasteiger partial charge in [0.15, 0.2) is 0 Å². The summed E-state index contributed by atoms with van der Waals surface area (Å²) in [6, 6.07) is 16.7. The summed E-state index contributed by atoms with van der Waals surface area (Å²) in [4.78, 5) is 16.6. The highest BCUT2D eigenvalue weighted by Crippen LogP contribution is 2.42. The minimum absolute atomic E-state index is 0.0538. The SMILES string of the molecule is C[C@H]1Cc2c([nH]c3ccccc23)[C@]2([NH2+]1)C(=O)Nc1ccccc12. The zero-order valence-electron chi connectivity index (χ0n) is 12.9. The molecule has 1 amide bonds. The minimum atomic E-state index is -0.692. The molecule has 23 heavy (non-hydrogen) atoms. The van der Waals surface area contributed by atoms with Crippen molar-refractivity contribution in [3.05, 3.63) is 65.4 Å². The fourth-order valence-corrected chi connectivity index (χ4v) is 4.33. The molecule has 1 spiro atoms. The third kappa shape index (κ3) is 1.51. The second kappa shape index (κ2) is 4.24. The number of aromatic amines is 1. The van der Waals surface area contributed by atoms with Gasteiger partial charge in [-0.15, -0.1) is 0 Å². The number of rotatable bonds is 0. The first-order valence-corrected chi connectivity index (χ1v) is 8.07. The first-order valence-electron chi connectivity index (χ1n) is 8.07. The van der Waals surface area contributed by atoms with Crippen LogP contribution in [0.25, 0.3) is 10.9 Å². The Morgan fingerprint density at radius 1 is 1.13 bits per heavy atom. The van der Waals surface area contributed by atoms with E-state index in [1.165, 1.54) is 10.9 Å². The van der Waals surface area contributed by atoms with E-state index in [4.69, 9.17) is 0 Å². The topological polar surface area (TPSA) is 61.5 Å². The molecular formula is C19H18N3O+. The number of hydrogen-bond acceptors (Lipinski definition) is 1. The molecule has 0 saturated carbocycles. The van der Waals surface area contributed by atoms with Gasteiger partial charge in [0.2, 0.25) is 5.54 Å². The Morgan fingerprint density at radius 2 is 1.91 bits per heavy atom. The molecule has 0 saturated heterocycles. The average molecular weight is 304 g/mol. The van der Waals surface area contributed by atoms with Gasteiger partial charge in [-0.05, 0) is 30.7 Å². The van der Waals surface area contributed by atoms with Crippen molar-refractivity contribution in [2.75, 3.05) is 5.32 Å². The number of H-pyrrole nitrogens is 1. The van der Waals surface area contributed by atoms with Crippen LogP contribution in [-0.2, 0) is 16.8 Å². The van der Waals surface area contributed by atoms with Gasteiger partial charge in [0.05, 0.1) is 23.0 Å². The van der Waals surface area contributed by atoms with Crippen molar-refractivity contribution in [2.45, 2.75) is 24.9 Å². The molecule has 3 aromatic rings. The van der Waals surface area contributed by atoms with Crippen LogP contribution in [0.15, 0.2) is 48.5 Å². The van der Waals surface area contributed by atoms with Gasteiger partial charge in [-0.1, -0.05) is 30.3 Å². The number of amides is 1. The van der Waals surface area contributed by atoms with E-state index in [-0.39, 0.29) is 5.91 Å². The maximum atomic E-state index is 13.0. The van der Waals surface area contributed by atoms with E-state index in [1.807, 2.05) is 24.3 Å². The molecule has 0 radical (unpaired) electrons. The Labute approximate surface area is 133 Å². The van der Waals surface area contributed by atoms with Gasteiger partial charge in [0.1, 0.15) is 0 Å². The van der Waals surface area contributed by atoms with Gasteiger partial charge >= 0.3 is 0 Å². The second-order valence-corrected chi connectivity index (χ2v) is 6.68. The predicted octanol–water partition coefficient (Wildman–Crippen LogP) is 1.87. The summed E-state index contributed by atoms with van der Waals surface area (Å²) in [5.74, 6) is 0.0538. The number of carbonyl (C=O) groups is 1.